The van der Waals surface area contributed by atoms with Gasteiger partial charge in [0.1, 0.15) is 0 Å². The molecule has 1 aliphatic rings. The summed E-state index contributed by atoms with van der Waals surface area (Å²) in [5.41, 5.74) is 0. The second-order valence-electron chi connectivity index (χ2n) is 4.27. The summed E-state index contributed by atoms with van der Waals surface area (Å²) in [6.45, 7) is 4.48. The van der Waals surface area contributed by atoms with Gasteiger partial charge in [-0.3, -0.25) is 0 Å². The van der Waals surface area contributed by atoms with Gasteiger partial charge in [-0.2, -0.15) is 4.31 Å². The van der Waals surface area contributed by atoms with Crippen LogP contribution >= 0.6 is 38.9 Å². The summed E-state index contributed by atoms with van der Waals surface area (Å²) >= 11 is 10.2. The maximum Gasteiger partial charge on any atom is 0.253 e. The monoisotopic (exact) mass is 373 g/mol. The highest BCUT2D eigenvalue weighted by atomic mass is 79.9. The Morgan fingerprint density at radius 1 is 1.44 bits per heavy atom. The maximum absolute atomic E-state index is 12.5. The number of sulfonamides is 1. The first-order chi connectivity index (χ1) is 8.30. The normalized spacial score (nSPS) is 26.4. The van der Waals surface area contributed by atoms with Gasteiger partial charge in [0.25, 0.3) is 10.0 Å². The zero-order valence-corrected chi connectivity index (χ0v) is 13.9. The first-order valence-corrected chi connectivity index (χ1v) is 8.84. The number of hydrogen-bond acceptors (Lipinski definition) is 4. The van der Waals surface area contributed by atoms with Crippen LogP contribution in [0.3, 0.4) is 0 Å². The van der Waals surface area contributed by atoms with Crippen molar-refractivity contribution in [2.75, 3.05) is 13.1 Å². The van der Waals surface area contributed by atoms with E-state index in [1.165, 1.54) is 4.31 Å². The number of morpholine rings is 1. The summed E-state index contributed by atoms with van der Waals surface area (Å²) in [5, 5.41) is 0. The fourth-order valence-corrected chi connectivity index (χ4v) is 6.66. The Labute approximate surface area is 124 Å². The average molecular weight is 375 g/mol. The van der Waals surface area contributed by atoms with E-state index in [9.17, 15) is 8.42 Å². The summed E-state index contributed by atoms with van der Waals surface area (Å²) in [6.07, 6.45) is -0.199. The molecule has 0 spiro atoms. The van der Waals surface area contributed by atoms with Gasteiger partial charge in [-0.05, 0) is 35.8 Å². The molecular weight excluding hydrogens is 362 g/mol. The van der Waals surface area contributed by atoms with Gasteiger partial charge < -0.3 is 4.74 Å². The SMILES string of the molecule is C[C@@H]1CN(S(=O)(=O)c2sc(Cl)cc2Br)C[C@@H](C)O1. The molecule has 0 radical (unpaired) electrons. The van der Waals surface area contributed by atoms with Gasteiger partial charge in [-0.15, -0.1) is 11.3 Å². The number of rotatable bonds is 2. The van der Waals surface area contributed by atoms with E-state index in [0.29, 0.717) is 21.9 Å². The second-order valence-corrected chi connectivity index (χ2v) is 8.94. The van der Waals surface area contributed by atoms with E-state index in [1.54, 1.807) is 6.07 Å². The molecule has 1 aliphatic heterocycles. The molecule has 2 atom stereocenters. The van der Waals surface area contributed by atoms with Crippen LogP contribution in [0.2, 0.25) is 4.34 Å². The molecule has 0 saturated carbocycles. The van der Waals surface area contributed by atoms with Crippen molar-refractivity contribution in [3.05, 3.63) is 14.9 Å². The predicted molar refractivity (Wildman–Crippen MR) is 75.8 cm³/mol. The van der Waals surface area contributed by atoms with Crippen LogP contribution in [0.4, 0.5) is 0 Å². The van der Waals surface area contributed by atoms with E-state index in [1.807, 2.05) is 13.8 Å². The van der Waals surface area contributed by atoms with Crippen LogP contribution < -0.4 is 0 Å². The molecule has 0 unspecified atom stereocenters. The third kappa shape index (κ3) is 2.91. The summed E-state index contributed by atoms with van der Waals surface area (Å²) < 4.78 is 33.2. The number of ether oxygens (including phenoxy) is 1. The Balaban J connectivity index is 2.34. The van der Waals surface area contributed by atoms with Crippen molar-refractivity contribution in [1.82, 2.24) is 4.31 Å². The summed E-state index contributed by atoms with van der Waals surface area (Å²) in [5.74, 6) is 0. The topological polar surface area (TPSA) is 46.6 Å². The van der Waals surface area contributed by atoms with Gasteiger partial charge in [-0.1, -0.05) is 11.6 Å². The maximum atomic E-state index is 12.5. The van der Waals surface area contributed by atoms with E-state index in [4.69, 9.17) is 16.3 Å². The lowest BCUT2D eigenvalue weighted by Crippen LogP contribution is -2.47. The van der Waals surface area contributed by atoms with Crippen LogP contribution in [0, 0.1) is 0 Å². The minimum atomic E-state index is -3.50. The molecule has 1 fully saturated rings. The second kappa shape index (κ2) is 5.38. The Morgan fingerprint density at radius 2 is 2.00 bits per heavy atom. The van der Waals surface area contributed by atoms with Gasteiger partial charge >= 0.3 is 0 Å². The van der Waals surface area contributed by atoms with Crippen LogP contribution in [-0.2, 0) is 14.8 Å². The first kappa shape index (κ1) is 14.7. The lowest BCUT2D eigenvalue weighted by atomic mass is 10.3. The zero-order chi connectivity index (χ0) is 13.5. The summed E-state index contributed by atoms with van der Waals surface area (Å²) in [4.78, 5) is 0. The fraction of sp³-hybridized carbons (Fsp3) is 0.600. The van der Waals surface area contributed by atoms with Crippen molar-refractivity contribution in [2.45, 2.75) is 30.3 Å². The van der Waals surface area contributed by atoms with Crippen molar-refractivity contribution in [2.24, 2.45) is 0 Å². The third-order valence-corrected chi connectivity index (χ3v) is 7.34. The smallest absolute Gasteiger partial charge is 0.253 e. The number of halogens is 2. The van der Waals surface area contributed by atoms with Crippen molar-refractivity contribution >= 4 is 48.9 Å². The van der Waals surface area contributed by atoms with Gasteiger partial charge in [0.05, 0.1) is 21.0 Å². The van der Waals surface area contributed by atoms with Gasteiger partial charge in [0.2, 0.25) is 0 Å². The molecule has 2 rings (SSSR count). The fourth-order valence-electron chi connectivity index (χ4n) is 1.95. The highest BCUT2D eigenvalue weighted by Gasteiger charge is 2.34. The van der Waals surface area contributed by atoms with Gasteiger partial charge in [0.15, 0.2) is 4.21 Å². The molecule has 0 aliphatic carbocycles. The Hall–Kier alpha value is 0.340. The molecule has 18 heavy (non-hydrogen) atoms. The first-order valence-electron chi connectivity index (χ1n) is 5.41. The lowest BCUT2D eigenvalue weighted by Gasteiger charge is -2.34. The summed E-state index contributed by atoms with van der Waals surface area (Å²) in [6, 6.07) is 1.60. The number of hydrogen-bond donors (Lipinski definition) is 0. The zero-order valence-electron chi connectivity index (χ0n) is 9.89. The molecule has 0 aromatic carbocycles. The molecule has 2 heterocycles. The molecule has 1 saturated heterocycles. The molecule has 0 bridgehead atoms. The summed E-state index contributed by atoms with van der Waals surface area (Å²) in [7, 11) is -3.50. The Kier molecular flexibility index (Phi) is 4.40. The average Bonchev–Trinajstić information content (AvgIpc) is 2.57. The molecular formula is C10H13BrClNO3S2. The Morgan fingerprint density at radius 3 is 2.44 bits per heavy atom. The highest BCUT2D eigenvalue weighted by Crippen LogP contribution is 2.36. The molecule has 0 amide bonds. The van der Waals surface area contributed by atoms with Crippen LogP contribution in [0.15, 0.2) is 14.7 Å². The Bertz CT molecular complexity index is 535. The van der Waals surface area contributed by atoms with Crippen LogP contribution in [0.25, 0.3) is 0 Å². The molecule has 1 aromatic rings. The quantitative estimate of drug-likeness (QED) is 0.799. The predicted octanol–water partition coefficient (Wildman–Crippen LogP) is 2.96. The molecule has 4 nitrogen and oxygen atoms in total. The van der Waals surface area contributed by atoms with Crippen molar-refractivity contribution in [3.8, 4) is 0 Å². The minimum absolute atomic E-state index is 0.0993. The van der Waals surface area contributed by atoms with Crippen molar-refractivity contribution < 1.29 is 13.2 Å². The minimum Gasteiger partial charge on any atom is -0.373 e. The van der Waals surface area contributed by atoms with E-state index in [-0.39, 0.29) is 16.4 Å². The van der Waals surface area contributed by atoms with Crippen molar-refractivity contribution in [3.63, 3.8) is 0 Å². The number of nitrogens with zero attached hydrogens (tertiary/aromatic N) is 1. The highest BCUT2D eigenvalue weighted by molar-refractivity contribution is 9.10. The molecule has 8 heteroatoms. The standard InChI is InChI=1S/C10H13BrClNO3S2/c1-6-4-13(5-7(2)16-6)18(14,15)10-8(11)3-9(12)17-10/h3,6-7H,4-5H2,1-2H3/t6-,7-/m1/s1. The van der Waals surface area contributed by atoms with E-state index < -0.39 is 10.0 Å². The van der Waals surface area contributed by atoms with Crippen LogP contribution in [-0.4, -0.2) is 38.0 Å². The molecule has 102 valence electrons. The van der Waals surface area contributed by atoms with Gasteiger partial charge in [0, 0.05) is 13.1 Å². The largest absolute Gasteiger partial charge is 0.373 e. The van der Waals surface area contributed by atoms with Gasteiger partial charge in [-0.25, -0.2) is 8.42 Å². The molecule has 1 aromatic heterocycles. The van der Waals surface area contributed by atoms with E-state index in [0.717, 1.165) is 11.3 Å². The van der Waals surface area contributed by atoms with Crippen LogP contribution in [0.5, 0.6) is 0 Å². The number of thiophene rings is 1. The van der Waals surface area contributed by atoms with Crippen molar-refractivity contribution in [1.29, 1.82) is 0 Å². The van der Waals surface area contributed by atoms with Crippen LogP contribution in [0.1, 0.15) is 13.8 Å². The third-order valence-electron chi connectivity index (χ3n) is 2.59. The molecule has 0 N–H and O–H groups in total. The van der Waals surface area contributed by atoms with E-state index >= 15 is 0 Å². The lowest BCUT2D eigenvalue weighted by molar-refractivity contribution is -0.0440. The van der Waals surface area contributed by atoms with E-state index in [2.05, 4.69) is 15.9 Å².